The fourth-order valence-corrected chi connectivity index (χ4v) is 4.87. The standard InChI is InChI=1S/C24H26BrN7O3/c1-23(2,3)35-22(34)31-13-24(14-31)9-16(10-24)32-12-18(29-30-32)15-7-8-20(26-11-15)28-21(33)17-5-4-6-19(25)27-17/h4-8,11-12,16H,9-10,13-14H2,1-3H3,(H,26,28,33). The van der Waals surface area contributed by atoms with Crippen molar-refractivity contribution in [1.82, 2.24) is 29.9 Å². The first-order valence-electron chi connectivity index (χ1n) is 11.4. The number of hydrogen-bond acceptors (Lipinski definition) is 7. The molecule has 1 aliphatic heterocycles. The van der Waals surface area contributed by atoms with Crippen LogP contribution in [0.15, 0.2) is 47.3 Å². The van der Waals surface area contributed by atoms with E-state index >= 15 is 0 Å². The Balaban J connectivity index is 1.15. The molecule has 3 aromatic heterocycles. The Hall–Kier alpha value is -3.34. The highest BCUT2D eigenvalue weighted by atomic mass is 79.9. The van der Waals surface area contributed by atoms with E-state index in [9.17, 15) is 9.59 Å². The summed E-state index contributed by atoms with van der Waals surface area (Å²) >= 11 is 3.26. The van der Waals surface area contributed by atoms with Crippen LogP contribution in [0.25, 0.3) is 11.3 Å². The zero-order chi connectivity index (χ0) is 24.8. The second-order valence-corrected chi connectivity index (χ2v) is 11.0. The minimum Gasteiger partial charge on any atom is -0.444 e. The lowest BCUT2D eigenvalue weighted by Gasteiger charge is -2.58. The summed E-state index contributed by atoms with van der Waals surface area (Å²) in [4.78, 5) is 34.8. The predicted molar refractivity (Wildman–Crippen MR) is 132 cm³/mol. The summed E-state index contributed by atoms with van der Waals surface area (Å²) in [7, 11) is 0. The number of rotatable bonds is 4. The van der Waals surface area contributed by atoms with Crippen molar-refractivity contribution in [1.29, 1.82) is 0 Å². The van der Waals surface area contributed by atoms with Crippen LogP contribution in [0.2, 0.25) is 0 Å². The fraction of sp³-hybridized carbons (Fsp3) is 0.417. The average Bonchev–Trinajstić information content (AvgIpc) is 3.21. The van der Waals surface area contributed by atoms with Crippen LogP contribution in [0.4, 0.5) is 10.6 Å². The Morgan fingerprint density at radius 2 is 1.94 bits per heavy atom. The summed E-state index contributed by atoms with van der Waals surface area (Å²) < 4.78 is 7.93. The molecule has 2 fully saturated rings. The Morgan fingerprint density at radius 1 is 1.17 bits per heavy atom. The van der Waals surface area contributed by atoms with E-state index in [0.29, 0.717) is 21.8 Å². The molecule has 1 saturated carbocycles. The lowest BCUT2D eigenvalue weighted by Crippen LogP contribution is -2.64. The molecule has 0 bridgehead atoms. The molecular formula is C24H26BrN7O3. The zero-order valence-electron chi connectivity index (χ0n) is 19.7. The first-order valence-corrected chi connectivity index (χ1v) is 12.2. The van der Waals surface area contributed by atoms with E-state index in [0.717, 1.165) is 31.5 Å². The molecule has 10 nitrogen and oxygen atoms in total. The molecule has 5 rings (SSSR count). The lowest BCUT2D eigenvalue weighted by atomic mass is 9.61. The molecule has 11 heteroatoms. The molecule has 1 saturated heterocycles. The summed E-state index contributed by atoms with van der Waals surface area (Å²) in [5, 5.41) is 11.3. The predicted octanol–water partition coefficient (Wildman–Crippen LogP) is 4.32. The molecule has 0 aromatic carbocycles. The van der Waals surface area contributed by atoms with Crippen molar-refractivity contribution in [2.75, 3.05) is 18.4 Å². The molecule has 0 unspecified atom stereocenters. The number of aromatic nitrogens is 5. The van der Waals surface area contributed by atoms with Gasteiger partial charge in [-0.2, -0.15) is 0 Å². The van der Waals surface area contributed by atoms with Gasteiger partial charge in [-0.1, -0.05) is 11.3 Å². The number of nitrogens with one attached hydrogen (secondary N) is 1. The SMILES string of the molecule is CC(C)(C)OC(=O)N1CC2(CC(n3cc(-c4ccc(NC(=O)c5cccc(Br)n5)nc4)nn3)C2)C1. The zero-order valence-corrected chi connectivity index (χ0v) is 21.3. The molecule has 2 amide bonds. The van der Waals surface area contributed by atoms with E-state index in [1.165, 1.54) is 0 Å². The molecule has 1 aliphatic carbocycles. The van der Waals surface area contributed by atoms with Crippen molar-refractivity contribution in [3.8, 4) is 11.3 Å². The minimum absolute atomic E-state index is 0.165. The van der Waals surface area contributed by atoms with Gasteiger partial charge in [0.25, 0.3) is 5.91 Å². The molecule has 2 aliphatic rings. The highest BCUT2D eigenvalue weighted by Crippen LogP contribution is 2.54. The number of pyridine rings is 2. The summed E-state index contributed by atoms with van der Waals surface area (Å²) in [5.74, 6) is 0.0889. The van der Waals surface area contributed by atoms with Crippen molar-refractivity contribution >= 4 is 33.7 Å². The molecule has 3 aromatic rings. The monoisotopic (exact) mass is 539 g/mol. The highest BCUT2D eigenvalue weighted by Gasteiger charge is 2.55. The third-order valence-corrected chi connectivity index (χ3v) is 6.62. The summed E-state index contributed by atoms with van der Waals surface area (Å²) in [6, 6.07) is 8.97. The summed E-state index contributed by atoms with van der Waals surface area (Å²) in [6.07, 6.45) is 5.26. The van der Waals surface area contributed by atoms with Gasteiger partial charge in [0.05, 0.1) is 12.2 Å². The Kier molecular flexibility index (Phi) is 5.82. The van der Waals surface area contributed by atoms with Crippen molar-refractivity contribution in [3.05, 3.63) is 53.0 Å². The van der Waals surface area contributed by atoms with Crippen LogP contribution in [0, 0.1) is 5.41 Å². The van der Waals surface area contributed by atoms with Gasteiger partial charge in [-0.15, -0.1) is 5.10 Å². The van der Waals surface area contributed by atoms with Gasteiger partial charge in [0, 0.05) is 30.3 Å². The van der Waals surface area contributed by atoms with Crippen molar-refractivity contribution in [2.45, 2.75) is 45.3 Å². The van der Waals surface area contributed by atoms with Crippen LogP contribution < -0.4 is 5.32 Å². The molecule has 1 spiro atoms. The van der Waals surface area contributed by atoms with Crippen LogP contribution in [0.1, 0.15) is 50.1 Å². The molecule has 1 N–H and O–H groups in total. The van der Waals surface area contributed by atoms with E-state index in [1.807, 2.05) is 37.7 Å². The molecular weight excluding hydrogens is 514 g/mol. The number of amides is 2. The van der Waals surface area contributed by atoms with Gasteiger partial charge >= 0.3 is 6.09 Å². The molecule has 0 atom stereocenters. The minimum atomic E-state index is -0.478. The van der Waals surface area contributed by atoms with Crippen LogP contribution in [0.3, 0.4) is 0 Å². The number of nitrogens with zero attached hydrogens (tertiary/aromatic N) is 6. The quantitative estimate of drug-likeness (QED) is 0.490. The largest absolute Gasteiger partial charge is 0.444 e. The van der Waals surface area contributed by atoms with Crippen LogP contribution in [-0.4, -0.2) is 60.6 Å². The number of likely N-dealkylation sites (tertiary alicyclic amines) is 1. The van der Waals surface area contributed by atoms with E-state index in [4.69, 9.17) is 4.74 Å². The third-order valence-electron chi connectivity index (χ3n) is 6.17. The topological polar surface area (TPSA) is 115 Å². The Labute approximate surface area is 211 Å². The summed E-state index contributed by atoms with van der Waals surface area (Å²) in [6.45, 7) is 7.09. The maximum Gasteiger partial charge on any atom is 0.410 e. The highest BCUT2D eigenvalue weighted by molar-refractivity contribution is 9.10. The van der Waals surface area contributed by atoms with Gasteiger partial charge in [-0.3, -0.25) is 4.79 Å². The maximum absolute atomic E-state index is 12.4. The van der Waals surface area contributed by atoms with Crippen LogP contribution >= 0.6 is 15.9 Å². The second kappa shape index (κ2) is 8.71. The normalized spacial score (nSPS) is 17.0. The van der Waals surface area contributed by atoms with E-state index in [2.05, 4.69) is 41.5 Å². The van der Waals surface area contributed by atoms with Gasteiger partial charge in [0.2, 0.25) is 0 Å². The number of carbonyl (C=O) groups excluding carboxylic acids is 2. The van der Waals surface area contributed by atoms with Gasteiger partial charge in [0.1, 0.15) is 27.4 Å². The van der Waals surface area contributed by atoms with E-state index < -0.39 is 5.60 Å². The number of carbonyl (C=O) groups is 2. The van der Waals surface area contributed by atoms with Crippen molar-refractivity contribution in [2.24, 2.45) is 5.41 Å². The van der Waals surface area contributed by atoms with Gasteiger partial charge in [-0.25, -0.2) is 19.4 Å². The summed E-state index contributed by atoms with van der Waals surface area (Å²) in [5.41, 5.74) is 1.51. The molecule has 0 radical (unpaired) electrons. The number of ether oxygens (including phenoxy) is 1. The Morgan fingerprint density at radius 3 is 2.60 bits per heavy atom. The van der Waals surface area contributed by atoms with Crippen LogP contribution in [-0.2, 0) is 4.74 Å². The molecule has 35 heavy (non-hydrogen) atoms. The first kappa shape index (κ1) is 23.4. The van der Waals surface area contributed by atoms with Gasteiger partial charge in [0.15, 0.2) is 0 Å². The first-order chi connectivity index (χ1) is 16.6. The van der Waals surface area contributed by atoms with Crippen LogP contribution in [0.5, 0.6) is 0 Å². The smallest absolute Gasteiger partial charge is 0.410 e. The lowest BCUT2D eigenvalue weighted by molar-refractivity contribution is -0.0930. The maximum atomic E-state index is 12.4. The number of anilines is 1. The van der Waals surface area contributed by atoms with Crippen molar-refractivity contribution < 1.29 is 14.3 Å². The average molecular weight is 540 g/mol. The second-order valence-electron chi connectivity index (χ2n) is 10.2. The fourth-order valence-electron chi connectivity index (χ4n) is 4.53. The molecule has 182 valence electrons. The van der Waals surface area contributed by atoms with Crippen molar-refractivity contribution in [3.63, 3.8) is 0 Å². The van der Waals surface area contributed by atoms with Gasteiger partial charge < -0.3 is 15.0 Å². The van der Waals surface area contributed by atoms with Gasteiger partial charge in [-0.05, 0) is 73.8 Å². The van der Waals surface area contributed by atoms with E-state index in [1.54, 1.807) is 35.4 Å². The molecule has 4 heterocycles. The van der Waals surface area contributed by atoms with E-state index in [-0.39, 0.29) is 23.5 Å². The Bertz CT molecular complexity index is 1250. The third kappa shape index (κ3) is 5.04. The number of hydrogen-bond donors (Lipinski definition) is 1. The number of halogens is 1.